The van der Waals surface area contributed by atoms with E-state index >= 15 is 0 Å². The summed E-state index contributed by atoms with van der Waals surface area (Å²) >= 11 is 0.991. The molecule has 0 aliphatic rings. The first-order chi connectivity index (χ1) is 5.95. The number of halogens is 4. The van der Waals surface area contributed by atoms with Crippen molar-refractivity contribution in [3.05, 3.63) is 35.1 Å². The summed E-state index contributed by atoms with van der Waals surface area (Å²) in [6.07, 6.45) is 0. The van der Waals surface area contributed by atoms with Gasteiger partial charge in [0.15, 0.2) is 0 Å². The van der Waals surface area contributed by atoms with Crippen molar-refractivity contribution >= 4 is 22.6 Å². The number of hydrogen-bond donors (Lipinski definition) is 1. The van der Waals surface area contributed by atoms with Crippen LogP contribution in [0, 0.1) is 5.82 Å². The second-order valence-corrected chi connectivity index (χ2v) is 3.86. The van der Waals surface area contributed by atoms with E-state index in [9.17, 15) is 13.2 Å². The summed E-state index contributed by atoms with van der Waals surface area (Å²) in [4.78, 5) is 0. The standard InChI is InChI=1S/C8H7F3IN/c9-7-2-1-6(8(10,11)12)3-5(7)4-13/h1-3H,4,13H2. The summed E-state index contributed by atoms with van der Waals surface area (Å²) in [5, 5.41) is 0. The highest BCUT2D eigenvalue weighted by atomic mass is 127. The Morgan fingerprint density at radius 2 is 2.00 bits per heavy atom. The maximum absolute atomic E-state index is 12.8. The number of hydrogen-bond acceptors (Lipinski definition) is 1. The summed E-state index contributed by atoms with van der Waals surface area (Å²) in [5.74, 6) is -0.549. The number of benzene rings is 1. The molecule has 0 unspecified atom stereocenters. The SMILES string of the molecule is NCc1cc(C(F)(F)I)ccc1F. The van der Waals surface area contributed by atoms with Crippen molar-refractivity contribution in [3.63, 3.8) is 0 Å². The van der Waals surface area contributed by atoms with Crippen LogP contribution in [0.3, 0.4) is 0 Å². The maximum atomic E-state index is 12.8. The van der Waals surface area contributed by atoms with Gasteiger partial charge in [0, 0.05) is 40.3 Å². The third-order valence-corrected chi connectivity index (χ3v) is 2.22. The summed E-state index contributed by atoms with van der Waals surface area (Å²) in [5.41, 5.74) is 5.05. The smallest absolute Gasteiger partial charge is 0.321 e. The lowest BCUT2D eigenvalue weighted by Crippen LogP contribution is -2.06. The van der Waals surface area contributed by atoms with Crippen molar-refractivity contribution in [2.75, 3.05) is 0 Å². The van der Waals surface area contributed by atoms with Crippen molar-refractivity contribution in [2.45, 2.75) is 10.5 Å². The monoisotopic (exact) mass is 301 g/mol. The van der Waals surface area contributed by atoms with Crippen molar-refractivity contribution in [1.29, 1.82) is 0 Å². The van der Waals surface area contributed by atoms with Gasteiger partial charge in [0.05, 0.1) is 0 Å². The van der Waals surface area contributed by atoms with Crippen LogP contribution in [0.1, 0.15) is 11.1 Å². The molecule has 2 N–H and O–H groups in total. The molecule has 1 aromatic rings. The fraction of sp³-hybridized carbons (Fsp3) is 0.250. The minimum Gasteiger partial charge on any atom is -0.326 e. The lowest BCUT2D eigenvalue weighted by molar-refractivity contribution is 0.127. The summed E-state index contributed by atoms with van der Waals surface area (Å²) in [7, 11) is 0. The summed E-state index contributed by atoms with van der Waals surface area (Å²) in [6.45, 7) is -0.0770. The van der Waals surface area contributed by atoms with Gasteiger partial charge >= 0.3 is 3.93 Å². The summed E-state index contributed by atoms with van der Waals surface area (Å²) in [6, 6.07) is 3.15. The first kappa shape index (κ1) is 10.8. The molecular formula is C8H7F3IN. The maximum Gasteiger partial charge on any atom is 0.321 e. The van der Waals surface area contributed by atoms with Crippen molar-refractivity contribution in [2.24, 2.45) is 5.73 Å². The van der Waals surface area contributed by atoms with Crippen LogP contribution in [0.2, 0.25) is 0 Å². The van der Waals surface area contributed by atoms with Gasteiger partial charge in [0.25, 0.3) is 0 Å². The van der Waals surface area contributed by atoms with Crippen LogP contribution in [0.5, 0.6) is 0 Å². The second kappa shape index (κ2) is 3.83. The van der Waals surface area contributed by atoms with Gasteiger partial charge in [-0.3, -0.25) is 0 Å². The molecule has 0 fully saturated rings. The normalized spacial score (nSPS) is 11.8. The minimum atomic E-state index is -2.98. The molecule has 0 spiro atoms. The zero-order valence-electron chi connectivity index (χ0n) is 6.53. The summed E-state index contributed by atoms with van der Waals surface area (Å²) < 4.78 is 35.3. The molecule has 0 amide bonds. The highest BCUT2D eigenvalue weighted by molar-refractivity contribution is 14.1. The molecular weight excluding hydrogens is 294 g/mol. The van der Waals surface area contributed by atoms with E-state index in [2.05, 4.69) is 0 Å². The van der Waals surface area contributed by atoms with Gasteiger partial charge in [0.1, 0.15) is 5.82 Å². The Hall–Kier alpha value is -0.300. The first-order valence-electron chi connectivity index (χ1n) is 3.51. The molecule has 0 radical (unpaired) electrons. The van der Waals surface area contributed by atoms with E-state index in [0.717, 1.165) is 40.8 Å². The largest absolute Gasteiger partial charge is 0.326 e. The lowest BCUT2D eigenvalue weighted by Gasteiger charge is -2.10. The van der Waals surface area contributed by atoms with Crippen molar-refractivity contribution < 1.29 is 13.2 Å². The Kier molecular flexibility index (Phi) is 3.18. The molecule has 5 heteroatoms. The van der Waals surface area contributed by atoms with Crippen LogP contribution >= 0.6 is 22.6 Å². The van der Waals surface area contributed by atoms with E-state index in [1.807, 2.05) is 0 Å². The van der Waals surface area contributed by atoms with E-state index in [1.165, 1.54) is 0 Å². The average Bonchev–Trinajstić information content (AvgIpc) is 2.03. The zero-order valence-corrected chi connectivity index (χ0v) is 8.69. The Balaban J connectivity index is 3.14. The fourth-order valence-corrected chi connectivity index (χ4v) is 1.24. The quantitative estimate of drug-likeness (QED) is 0.660. The molecule has 72 valence electrons. The predicted molar refractivity (Wildman–Crippen MR) is 52.2 cm³/mol. The first-order valence-corrected chi connectivity index (χ1v) is 4.58. The van der Waals surface area contributed by atoms with Crippen LogP contribution < -0.4 is 5.73 Å². The van der Waals surface area contributed by atoms with Gasteiger partial charge in [-0.25, -0.2) is 4.39 Å². The van der Waals surface area contributed by atoms with Crippen LogP contribution in [0.4, 0.5) is 13.2 Å². The molecule has 0 atom stereocenters. The fourth-order valence-electron chi connectivity index (χ4n) is 0.907. The average molecular weight is 301 g/mol. The molecule has 0 saturated heterocycles. The molecule has 0 saturated carbocycles. The molecule has 0 aliphatic carbocycles. The number of nitrogens with two attached hydrogens (primary N) is 1. The third-order valence-electron chi connectivity index (χ3n) is 1.59. The van der Waals surface area contributed by atoms with Gasteiger partial charge in [-0.05, 0) is 18.2 Å². The zero-order chi connectivity index (χ0) is 10.1. The molecule has 0 aromatic heterocycles. The topological polar surface area (TPSA) is 26.0 Å². The number of rotatable bonds is 2. The second-order valence-electron chi connectivity index (χ2n) is 2.51. The van der Waals surface area contributed by atoms with Gasteiger partial charge in [0.2, 0.25) is 0 Å². The highest BCUT2D eigenvalue weighted by Gasteiger charge is 2.27. The predicted octanol–water partition coefficient (Wildman–Crippen LogP) is 2.77. The van der Waals surface area contributed by atoms with Gasteiger partial charge < -0.3 is 5.73 Å². The molecule has 13 heavy (non-hydrogen) atoms. The molecule has 0 aliphatic heterocycles. The molecule has 0 bridgehead atoms. The van der Waals surface area contributed by atoms with Crippen molar-refractivity contribution in [1.82, 2.24) is 0 Å². The van der Waals surface area contributed by atoms with Gasteiger partial charge in [-0.2, -0.15) is 8.78 Å². The van der Waals surface area contributed by atoms with E-state index in [-0.39, 0.29) is 17.7 Å². The van der Waals surface area contributed by atoms with Crippen LogP contribution in [0.15, 0.2) is 18.2 Å². The third kappa shape index (κ3) is 2.57. The minimum absolute atomic E-state index is 0.0770. The van der Waals surface area contributed by atoms with E-state index in [0.29, 0.717) is 0 Å². The molecule has 1 aromatic carbocycles. The van der Waals surface area contributed by atoms with Gasteiger partial charge in [-0.15, -0.1) is 0 Å². The molecule has 0 heterocycles. The van der Waals surface area contributed by atoms with E-state index in [4.69, 9.17) is 5.73 Å². The Morgan fingerprint density at radius 1 is 1.38 bits per heavy atom. The molecule has 1 nitrogen and oxygen atoms in total. The number of alkyl halides is 3. The van der Waals surface area contributed by atoms with E-state index < -0.39 is 9.75 Å². The van der Waals surface area contributed by atoms with E-state index in [1.54, 1.807) is 0 Å². The Bertz CT molecular complexity index is 309. The van der Waals surface area contributed by atoms with Crippen molar-refractivity contribution in [3.8, 4) is 0 Å². The molecule has 1 rings (SSSR count). The Morgan fingerprint density at radius 3 is 2.46 bits per heavy atom. The van der Waals surface area contributed by atoms with Crippen LogP contribution in [-0.4, -0.2) is 0 Å². The Labute approximate surface area is 87.3 Å². The lowest BCUT2D eigenvalue weighted by atomic mass is 10.1. The highest BCUT2D eigenvalue weighted by Crippen LogP contribution is 2.35. The van der Waals surface area contributed by atoms with Crippen LogP contribution in [-0.2, 0) is 10.5 Å². The van der Waals surface area contributed by atoms with Gasteiger partial charge in [-0.1, -0.05) is 0 Å². The van der Waals surface area contributed by atoms with Crippen LogP contribution in [0.25, 0.3) is 0 Å².